The van der Waals surface area contributed by atoms with Gasteiger partial charge in [0.2, 0.25) is 15.9 Å². The topological polar surface area (TPSA) is 66.5 Å². The summed E-state index contributed by atoms with van der Waals surface area (Å²) in [6.07, 6.45) is 2.62. The van der Waals surface area contributed by atoms with Gasteiger partial charge in [-0.3, -0.25) is 9.10 Å². The van der Waals surface area contributed by atoms with Crippen LogP contribution < -0.4 is 9.62 Å². The molecule has 5 nitrogen and oxygen atoms in total. The highest BCUT2D eigenvalue weighted by Gasteiger charge is 2.28. The summed E-state index contributed by atoms with van der Waals surface area (Å²) in [5, 5.41) is 2.59. The SMILES string of the molecule is C=CCNC(=O)[C@H](C)N(c1ccccc1)S(C)(=O)=O. The van der Waals surface area contributed by atoms with Crippen molar-refractivity contribution in [2.75, 3.05) is 17.1 Å². The number of para-hydroxylation sites is 1. The Morgan fingerprint density at radius 1 is 1.42 bits per heavy atom. The number of anilines is 1. The van der Waals surface area contributed by atoms with Crippen molar-refractivity contribution in [2.45, 2.75) is 13.0 Å². The molecule has 0 unspecified atom stereocenters. The molecule has 1 rings (SSSR count). The number of nitrogens with one attached hydrogen (secondary N) is 1. The van der Waals surface area contributed by atoms with Crippen molar-refractivity contribution < 1.29 is 13.2 Å². The molecule has 0 radical (unpaired) electrons. The van der Waals surface area contributed by atoms with Gasteiger partial charge in [0.25, 0.3) is 0 Å². The molecule has 0 saturated carbocycles. The van der Waals surface area contributed by atoms with E-state index in [1.807, 2.05) is 0 Å². The van der Waals surface area contributed by atoms with Gasteiger partial charge in [0.15, 0.2) is 0 Å². The van der Waals surface area contributed by atoms with Crippen LogP contribution in [-0.4, -0.2) is 33.2 Å². The maximum absolute atomic E-state index is 11.9. The Bertz CT molecular complexity index is 540. The number of amides is 1. The Balaban J connectivity index is 3.06. The Kier molecular flexibility index (Phi) is 5.11. The molecule has 0 fully saturated rings. The van der Waals surface area contributed by atoms with Gasteiger partial charge in [-0.1, -0.05) is 24.3 Å². The molecule has 1 atom stereocenters. The van der Waals surface area contributed by atoms with Crippen LogP contribution in [0.3, 0.4) is 0 Å². The van der Waals surface area contributed by atoms with E-state index >= 15 is 0 Å². The summed E-state index contributed by atoms with van der Waals surface area (Å²) in [6, 6.07) is 7.71. The molecule has 0 heterocycles. The summed E-state index contributed by atoms with van der Waals surface area (Å²) in [5.74, 6) is -0.367. The van der Waals surface area contributed by atoms with Crippen molar-refractivity contribution in [1.29, 1.82) is 0 Å². The monoisotopic (exact) mass is 282 g/mol. The van der Waals surface area contributed by atoms with Crippen molar-refractivity contribution in [3.63, 3.8) is 0 Å². The fourth-order valence-electron chi connectivity index (χ4n) is 1.70. The summed E-state index contributed by atoms with van der Waals surface area (Å²) in [7, 11) is -3.54. The lowest BCUT2D eigenvalue weighted by Crippen LogP contribution is -2.47. The van der Waals surface area contributed by atoms with Gasteiger partial charge >= 0.3 is 0 Å². The maximum atomic E-state index is 11.9. The van der Waals surface area contributed by atoms with E-state index in [2.05, 4.69) is 11.9 Å². The van der Waals surface area contributed by atoms with Crippen LogP contribution in [0, 0.1) is 0 Å². The maximum Gasteiger partial charge on any atom is 0.243 e. The Morgan fingerprint density at radius 2 is 2.00 bits per heavy atom. The van der Waals surface area contributed by atoms with Crippen LogP contribution in [0.5, 0.6) is 0 Å². The number of carbonyl (C=O) groups excluding carboxylic acids is 1. The van der Waals surface area contributed by atoms with Crippen molar-refractivity contribution >= 4 is 21.6 Å². The third kappa shape index (κ3) is 4.10. The molecule has 1 N–H and O–H groups in total. The zero-order valence-electron chi connectivity index (χ0n) is 11.0. The van der Waals surface area contributed by atoms with Crippen LogP contribution in [0.1, 0.15) is 6.92 Å². The van der Waals surface area contributed by atoms with E-state index in [1.165, 1.54) is 6.08 Å². The molecule has 0 bridgehead atoms. The average molecular weight is 282 g/mol. The third-order valence-electron chi connectivity index (χ3n) is 2.52. The normalized spacial score (nSPS) is 12.5. The van der Waals surface area contributed by atoms with Gasteiger partial charge in [-0.25, -0.2) is 8.42 Å². The van der Waals surface area contributed by atoms with Gasteiger partial charge in [0, 0.05) is 6.54 Å². The molecule has 6 heteroatoms. The number of sulfonamides is 1. The number of benzene rings is 1. The molecule has 0 saturated heterocycles. The number of rotatable bonds is 6. The zero-order valence-corrected chi connectivity index (χ0v) is 11.9. The van der Waals surface area contributed by atoms with E-state index in [1.54, 1.807) is 37.3 Å². The molecular weight excluding hydrogens is 264 g/mol. The highest BCUT2D eigenvalue weighted by Crippen LogP contribution is 2.19. The molecule has 104 valence electrons. The minimum atomic E-state index is -3.54. The van der Waals surface area contributed by atoms with E-state index in [4.69, 9.17) is 0 Å². The standard InChI is InChI=1S/C13H18N2O3S/c1-4-10-14-13(16)11(2)15(19(3,17)18)12-8-6-5-7-9-12/h4-9,11H,1,10H2,2-3H3,(H,14,16)/t11-/m0/s1. The number of carbonyl (C=O) groups is 1. The average Bonchev–Trinajstić information content (AvgIpc) is 2.35. The number of nitrogens with zero attached hydrogens (tertiary/aromatic N) is 1. The highest BCUT2D eigenvalue weighted by atomic mass is 32.2. The zero-order chi connectivity index (χ0) is 14.5. The van der Waals surface area contributed by atoms with E-state index in [9.17, 15) is 13.2 Å². The fraction of sp³-hybridized carbons (Fsp3) is 0.308. The summed E-state index contributed by atoms with van der Waals surface area (Å²) in [5.41, 5.74) is 0.464. The lowest BCUT2D eigenvalue weighted by Gasteiger charge is -2.28. The molecular formula is C13H18N2O3S. The van der Waals surface area contributed by atoms with E-state index < -0.39 is 16.1 Å². The van der Waals surface area contributed by atoms with E-state index in [0.717, 1.165) is 10.6 Å². The summed E-state index contributed by atoms with van der Waals surface area (Å²) in [6.45, 7) is 5.35. The first kappa shape index (κ1) is 15.2. The highest BCUT2D eigenvalue weighted by molar-refractivity contribution is 7.92. The van der Waals surface area contributed by atoms with E-state index in [-0.39, 0.29) is 5.91 Å². The minimum absolute atomic E-state index is 0.301. The largest absolute Gasteiger partial charge is 0.351 e. The molecule has 19 heavy (non-hydrogen) atoms. The van der Waals surface area contributed by atoms with Crippen molar-refractivity contribution in [3.8, 4) is 0 Å². The van der Waals surface area contributed by atoms with Crippen LogP contribution in [-0.2, 0) is 14.8 Å². The van der Waals surface area contributed by atoms with Gasteiger partial charge in [-0.05, 0) is 19.1 Å². The predicted molar refractivity (Wildman–Crippen MR) is 76.4 cm³/mol. The molecule has 0 spiro atoms. The Hall–Kier alpha value is -1.82. The fourth-order valence-corrected chi connectivity index (χ4v) is 2.88. The predicted octanol–water partition coefficient (Wildman–Crippen LogP) is 1.14. The van der Waals surface area contributed by atoms with Crippen molar-refractivity contribution in [1.82, 2.24) is 5.32 Å². The molecule has 0 aliphatic rings. The van der Waals surface area contributed by atoms with E-state index in [0.29, 0.717) is 12.2 Å². The van der Waals surface area contributed by atoms with Crippen LogP contribution in [0.4, 0.5) is 5.69 Å². The summed E-state index contributed by atoms with van der Waals surface area (Å²) in [4.78, 5) is 11.9. The molecule has 0 aliphatic carbocycles. The third-order valence-corrected chi connectivity index (χ3v) is 3.76. The number of hydrogen-bond donors (Lipinski definition) is 1. The second-order valence-electron chi connectivity index (χ2n) is 4.10. The first-order chi connectivity index (χ1) is 8.88. The molecule has 0 aliphatic heterocycles. The molecule has 1 aromatic rings. The van der Waals surface area contributed by atoms with Crippen LogP contribution in [0.25, 0.3) is 0 Å². The van der Waals surface area contributed by atoms with Gasteiger partial charge in [-0.2, -0.15) is 0 Å². The second-order valence-corrected chi connectivity index (χ2v) is 5.96. The number of hydrogen-bond acceptors (Lipinski definition) is 3. The first-order valence-corrected chi connectivity index (χ1v) is 7.66. The Labute approximate surface area is 114 Å². The Morgan fingerprint density at radius 3 is 2.47 bits per heavy atom. The van der Waals surface area contributed by atoms with Crippen LogP contribution in [0.2, 0.25) is 0 Å². The summed E-state index contributed by atoms with van der Waals surface area (Å²) < 4.78 is 24.9. The second kappa shape index (κ2) is 6.38. The lowest BCUT2D eigenvalue weighted by atomic mass is 10.2. The van der Waals surface area contributed by atoms with Crippen LogP contribution >= 0.6 is 0 Å². The smallest absolute Gasteiger partial charge is 0.243 e. The molecule has 1 aromatic carbocycles. The first-order valence-electron chi connectivity index (χ1n) is 5.81. The quantitative estimate of drug-likeness (QED) is 0.796. The van der Waals surface area contributed by atoms with Gasteiger partial charge in [0.1, 0.15) is 6.04 Å². The lowest BCUT2D eigenvalue weighted by molar-refractivity contribution is -0.121. The minimum Gasteiger partial charge on any atom is -0.351 e. The van der Waals surface area contributed by atoms with Gasteiger partial charge in [-0.15, -0.1) is 6.58 Å². The molecule has 0 aromatic heterocycles. The van der Waals surface area contributed by atoms with Crippen molar-refractivity contribution in [3.05, 3.63) is 43.0 Å². The summed E-state index contributed by atoms with van der Waals surface area (Å²) >= 11 is 0. The van der Waals surface area contributed by atoms with Crippen LogP contribution in [0.15, 0.2) is 43.0 Å². The van der Waals surface area contributed by atoms with Crippen molar-refractivity contribution in [2.24, 2.45) is 0 Å². The van der Waals surface area contributed by atoms with Gasteiger partial charge in [0.05, 0.1) is 11.9 Å². The van der Waals surface area contributed by atoms with Gasteiger partial charge < -0.3 is 5.32 Å². The molecule has 1 amide bonds.